The van der Waals surface area contributed by atoms with Crippen LogP contribution in [0.2, 0.25) is 0 Å². The molecule has 0 saturated heterocycles. The standard InChI is InChI=1S/C17H16O6/c1-22-10-4-2-9(3-5-10)12-8-23-14-6-13(19)11(7-18)16(20)15(14)17(12)21/h2-6,8,14-15,18-20H,7H2,1H3. The van der Waals surface area contributed by atoms with Gasteiger partial charge in [-0.3, -0.25) is 4.79 Å². The van der Waals surface area contributed by atoms with Crippen molar-refractivity contribution in [2.75, 3.05) is 13.7 Å². The Hall–Kier alpha value is -2.73. The molecule has 0 radical (unpaired) electrons. The van der Waals surface area contributed by atoms with Crippen molar-refractivity contribution in [3.05, 3.63) is 59.3 Å². The Labute approximate surface area is 132 Å². The van der Waals surface area contributed by atoms with Crippen LogP contribution in [0.1, 0.15) is 5.56 Å². The molecule has 6 nitrogen and oxygen atoms in total. The van der Waals surface area contributed by atoms with E-state index < -0.39 is 18.6 Å². The van der Waals surface area contributed by atoms with Crippen LogP contribution in [0.25, 0.3) is 5.57 Å². The zero-order chi connectivity index (χ0) is 16.6. The van der Waals surface area contributed by atoms with Crippen molar-refractivity contribution >= 4 is 11.4 Å². The lowest BCUT2D eigenvalue weighted by molar-refractivity contribution is -0.121. The number of rotatable bonds is 3. The van der Waals surface area contributed by atoms with Gasteiger partial charge in [0.1, 0.15) is 29.3 Å². The van der Waals surface area contributed by atoms with Crippen molar-refractivity contribution in [3.63, 3.8) is 0 Å². The average molecular weight is 316 g/mol. The second kappa shape index (κ2) is 5.81. The van der Waals surface area contributed by atoms with Gasteiger partial charge in [-0.05, 0) is 23.8 Å². The van der Waals surface area contributed by atoms with Crippen LogP contribution in [-0.2, 0) is 9.53 Å². The van der Waals surface area contributed by atoms with Gasteiger partial charge in [-0.1, -0.05) is 12.1 Å². The number of hydrogen-bond donors (Lipinski definition) is 3. The molecule has 1 aromatic carbocycles. The normalized spacial score (nSPS) is 23.7. The largest absolute Gasteiger partial charge is 0.511 e. The lowest BCUT2D eigenvalue weighted by atomic mass is 9.81. The van der Waals surface area contributed by atoms with Crippen molar-refractivity contribution in [1.82, 2.24) is 0 Å². The maximum Gasteiger partial charge on any atom is 0.181 e. The highest BCUT2D eigenvalue weighted by Crippen LogP contribution is 2.37. The lowest BCUT2D eigenvalue weighted by Crippen LogP contribution is -2.37. The van der Waals surface area contributed by atoms with Crippen LogP contribution >= 0.6 is 0 Å². The Morgan fingerprint density at radius 2 is 1.91 bits per heavy atom. The first-order chi connectivity index (χ1) is 11.1. The first-order valence-corrected chi connectivity index (χ1v) is 7.05. The van der Waals surface area contributed by atoms with E-state index in [1.54, 1.807) is 31.4 Å². The fourth-order valence-electron chi connectivity index (χ4n) is 2.73. The Morgan fingerprint density at radius 3 is 2.52 bits per heavy atom. The zero-order valence-electron chi connectivity index (χ0n) is 12.4. The van der Waals surface area contributed by atoms with Gasteiger partial charge in [0, 0.05) is 0 Å². The van der Waals surface area contributed by atoms with Gasteiger partial charge in [-0.15, -0.1) is 0 Å². The summed E-state index contributed by atoms with van der Waals surface area (Å²) in [5.74, 6) is -1.29. The number of carbonyl (C=O) groups excluding carboxylic acids is 1. The number of allylic oxidation sites excluding steroid dienone is 1. The molecule has 0 fully saturated rings. The van der Waals surface area contributed by atoms with Crippen LogP contribution in [0.3, 0.4) is 0 Å². The van der Waals surface area contributed by atoms with E-state index in [9.17, 15) is 20.1 Å². The molecule has 3 N–H and O–H groups in total. The molecular formula is C17H16O6. The summed E-state index contributed by atoms with van der Waals surface area (Å²) in [6.07, 6.45) is 1.85. The van der Waals surface area contributed by atoms with E-state index in [-0.39, 0.29) is 22.9 Å². The van der Waals surface area contributed by atoms with Crippen molar-refractivity contribution in [3.8, 4) is 5.75 Å². The molecule has 1 aliphatic carbocycles. The van der Waals surface area contributed by atoms with Gasteiger partial charge in [-0.2, -0.15) is 0 Å². The molecule has 1 aromatic rings. The number of Topliss-reactive ketones (excluding diaryl/α,β-unsaturated/α-hetero) is 1. The Bertz CT molecular complexity index is 726. The summed E-state index contributed by atoms with van der Waals surface area (Å²) in [4.78, 5) is 12.7. The van der Waals surface area contributed by atoms with Crippen molar-refractivity contribution in [2.45, 2.75) is 6.10 Å². The minimum absolute atomic E-state index is 0.0563. The van der Waals surface area contributed by atoms with Gasteiger partial charge in [0.05, 0.1) is 31.1 Å². The average Bonchev–Trinajstić information content (AvgIpc) is 2.55. The van der Waals surface area contributed by atoms with Gasteiger partial charge < -0.3 is 24.8 Å². The fourth-order valence-corrected chi connectivity index (χ4v) is 2.73. The predicted molar refractivity (Wildman–Crippen MR) is 81.8 cm³/mol. The third-order valence-electron chi connectivity index (χ3n) is 4.01. The van der Waals surface area contributed by atoms with E-state index >= 15 is 0 Å². The van der Waals surface area contributed by atoms with Gasteiger partial charge in [-0.25, -0.2) is 0 Å². The zero-order valence-corrected chi connectivity index (χ0v) is 12.4. The van der Waals surface area contributed by atoms with Crippen molar-refractivity contribution in [1.29, 1.82) is 0 Å². The number of aliphatic hydroxyl groups is 3. The number of fused-ring (bicyclic) bond motifs is 1. The summed E-state index contributed by atoms with van der Waals surface area (Å²) < 4.78 is 10.6. The number of ether oxygens (including phenoxy) is 2. The van der Waals surface area contributed by atoms with Crippen LogP contribution < -0.4 is 4.74 Å². The smallest absolute Gasteiger partial charge is 0.181 e. The number of ketones is 1. The highest BCUT2D eigenvalue weighted by atomic mass is 16.5. The third-order valence-corrected chi connectivity index (χ3v) is 4.01. The van der Waals surface area contributed by atoms with Crippen LogP contribution in [0, 0.1) is 5.92 Å². The van der Waals surface area contributed by atoms with E-state index in [2.05, 4.69) is 0 Å². The van der Waals surface area contributed by atoms with Gasteiger partial charge >= 0.3 is 0 Å². The SMILES string of the molecule is COc1ccc(C2=COC3C=C(O)C(CO)=C(O)C3C2=O)cc1. The maximum atomic E-state index is 12.7. The summed E-state index contributed by atoms with van der Waals surface area (Å²) >= 11 is 0. The maximum absolute atomic E-state index is 12.7. The van der Waals surface area contributed by atoms with Crippen LogP contribution in [0.5, 0.6) is 5.75 Å². The van der Waals surface area contributed by atoms with E-state index in [4.69, 9.17) is 9.47 Å². The van der Waals surface area contributed by atoms with E-state index in [0.717, 1.165) is 0 Å². The molecule has 1 heterocycles. The molecule has 1 aliphatic heterocycles. The Kier molecular flexibility index (Phi) is 3.83. The van der Waals surface area contributed by atoms with Gasteiger partial charge in [0.25, 0.3) is 0 Å². The number of hydrogen-bond acceptors (Lipinski definition) is 6. The molecule has 0 saturated carbocycles. The van der Waals surface area contributed by atoms with E-state index in [1.807, 2.05) is 0 Å². The molecule has 23 heavy (non-hydrogen) atoms. The van der Waals surface area contributed by atoms with Crippen LogP contribution in [0.4, 0.5) is 0 Å². The van der Waals surface area contributed by atoms with Gasteiger partial charge in [0.15, 0.2) is 5.78 Å². The van der Waals surface area contributed by atoms with Crippen molar-refractivity contribution < 1.29 is 29.6 Å². The van der Waals surface area contributed by atoms with E-state index in [1.165, 1.54) is 12.3 Å². The molecule has 2 atom stereocenters. The predicted octanol–water partition coefficient (Wildman–Crippen LogP) is 1.88. The highest BCUT2D eigenvalue weighted by molar-refractivity contribution is 6.23. The second-order valence-electron chi connectivity index (χ2n) is 5.28. The molecule has 3 rings (SSSR count). The summed E-state index contributed by atoms with van der Waals surface area (Å²) in [5, 5.41) is 29.2. The van der Waals surface area contributed by atoms with Gasteiger partial charge in [0.2, 0.25) is 0 Å². The minimum Gasteiger partial charge on any atom is -0.511 e. The lowest BCUT2D eigenvalue weighted by Gasteiger charge is -2.32. The molecule has 2 aliphatic rings. The number of aliphatic hydroxyl groups excluding tert-OH is 3. The molecule has 6 heteroatoms. The summed E-state index contributed by atoms with van der Waals surface area (Å²) in [6.45, 7) is -0.563. The van der Waals surface area contributed by atoms with E-state index in [0.29, 0.717) is 16.9 Å². The molecule has 120 valence electrons. The third kappa shape index (κ3) is 2.47. The molecular weight excluding hydrogens is 300 g/mol. The quantitative estimate of drug-likeness (QED) is 0.788. The fraction of sp³-hybridized carbons (Fsp3) is 0.235. The Balaban J connectivity index is 1.98. The van der Waals surface area contributed by atoms with Crippen molar-refractivity contribution in [2.24, 2.45) is 5.92 Å². The first kappa shape index (κ1) is 15.2. The topological polar surface area (TPSA) is 96.2 Å². The molecule has 0 bridgehead atoms. The number of methoxy groups -OCH3 is 1. The molecule has 0 aromatic heterocycles. The molecule has 2 unspecified atom stereocenters. The number of carbonyl (C=O) groups is 1. The minimum atomic E-state index is -0.977. The second-order valence-corrected chi connectivity index (χ2v) is 5.28. The monoisotopic (exact) mass is 316 g/mol. The number of benzene rings is 1. The first-order valence-electron chi connectivity index (χ1n) is 7.05. The summed E-state index contributed by atoms with van der Waals surface area (Å²) in [7, 11) is 1.55. The van der Waals surface area contributed by atoms with Crippen LogP contribution in [0.15, 0.2) is 53.7 Å². The molecule has 0 amide bonds. The highest BCUT2D eigenvalue weighted by Gasteiger charge is 2.42. The summed E-state index contributed by atoms with van der Waals surface area (Å²) in [5.41, 5.74) is 0.887. The molecule has 0 spiro atoms. The summed E-state index contributed by atoms with van der Waals surface area (Å²) in [6, 6.07) is 6.88. The van der Waals surface area contributed by atoms with Crippen LogP contribution in [-0.4, -0.2) is 40.9 Å². The Morgan fingerprint density at radius 1 is 1.22 bits per heavy atom.